The average Bonchev–Trinajstić information content (AvgIpc) is 2.73. The third kappa shape index (κ3) is 7.79. The van der Waals surface area contributed by atoms with Crippen LogP contribution in [0.15, 0.2) is 48.5 Å². The van der Waals surface area contributed by atoms with Crippen LogP contribution in [0.1, 0.15) is 27.9 Å². The maximum atomic E-state index is 12.5. The van der Waals surface area contributed by atoms with Gasteiger partial charge in [-0.2, -0.15) is 11.8 Å². The number of hydrogen-bond acceptors (Lipinski definition) is 5. The Morgan fingerprint density at radius 2 is 1.70 bits per heavy atom. The molecule has 0 heterocycles. The second-order valence-electron chi connectivity index (χ2n) is 6.82. The summed E-state index contributed by atoms with van der Waals surface area (Å²) in [4.78, 5) is 37.0. The fraction of sp³-hybridized carbons (Fsp3) is 0.318. The van der Waals surface area contributed by atoms with Crippen LogP contribution in [0.3, 0.4) is 0 Å². The maximum Gasteiger partial charge on any atom is 0.276 e. The Morgan fingerprint density at radius 1 is 1.00 bits per heavy atom. The van der Waals surface area contributed by atoms with E-state index in [-0.39, 0.29) is 12.5 Å². The summed E-state index contributed by atoms with van der Waals surface area (Å²) in [7, 11) is 0. The number of carbonyl (C=O) groups is 3. The first-order valence-electron chi connectivity index (χ1n) is 9.53. The second kappa shape index (κ2) is 11.9. The quantitative estimate of drug-likeness (QED) is 0.532. The van der Waals surface area contributed by atoms with Crippen LogP contribution in [0, 0.1) is 13.8 Å². The SMILES string of the molecule is CSCCC(NC(=O)c1cccc(C)c1)C(=O)NNC(=O)COc1cccc(C)c1. The third-order valence-corrected chi connectivity index (χ3v) is 4.84. The fourth-order valence-corrected chi connectivity index (χ4v) is 3.11. The van der Waals surface area contributed by atoms with Crippen molar-refractivity contribution < 1.29 is 19.1 Å². The van der Waals surface area contributed by atoms with Crippen molar-refractivity contribution in [2.24, 2.45) is 0 Å². The van der Waals surface area contributed by atoms with Crippen LogP contribution in [0.2, 0.25) is 0 Å². The molecule has 3 N–H and O–H groups in total. The zero-order valence-electron chi connectivity index (χ0n) is 17.4. The molecule has 7 nitrogen and oxygen atoms in total. The maximum absolute atomic E-state index is 12.5. The lowest BCUT2D eigenvalue weighted by Crippen LogP contribution is -2.53. The Morgan fingerprint density at radius 3 is 2.37 bits per heavy atom. The van der Waals surface area contributed by atoms with Gasteiger partial charge < -0.3 is 10.1 Å². The minimum Gasteiger partial charge on any atom is -0.484 e. The summed E-state index contributed by atoms with van der Waals surface area (Å²) in [5.74, 6) is -0.0856. The highest BCUT2D eigenvalue weighted by Crippen LogP contribution is 2.12. The first-order chi connectivity index (χ1) is 14.4. The lowest BCUT2D eigenvalue weighted by atomic mass is 10.1. The van der Waals surface area contributed by atoms with Gasteiger partial charge in [0.25, 0.3) is 17.7 Å². The van der Waals surface area contributed by atoms with Gasteiger partial charge in [0.1, 0.15) is 11.8 Å². The molecule has 8 heteroatoms. The highest BCUT2D eigenvalue weighted by Gasteiger charge is 2.21. The van der Waals surface area contributed by atoms with E-state index in [1.165, 1.54) is 0 Å². The molecule has 0 aliphatic carbocycles. The van der Waals surface area contributed by atoms with Gasteiger partial charge in [0, 0.05) is 5.56 Å². The van der Waals surface area contributed by atoms with E-state index in [1.807, 2.05) is 44.4 Å². The fourth-order valence-electron chi connectivity index (χ4n) is 2.64. The highest BCUT2D eigenvalue weighted by molar-refractivity contribution is 7.98. The van der Waals surface area contributed by atoms with Gasteiger partial charge in [-0.15, -0.1) is 0 Å². The van der Waals surface area contributed by atoms with E-state index in [0.29, 0.717) is 23.5 Å². The first kappa shape index (κ1) is 23.3. The van der Waals surface area contributed by atoms with Gasteiger partial charge in [-0.05, 0) is 62.1 Å². The summed E-state index contributed by atoms with van der Waals surface area (Å²) in [6.45, 7) is 3.57. The molecule has 1 unspecified atom stereocenters. The van der Waals surface area contributed by atoms with E-state index in [0.717, 1.165) is 11.1 Å². The van der Waals surface area contributed by atoms with Crippen LogP contribution < -0.4 is 20.9 Å². The molecule has 0 saturated carbocycles. The molecule has 0 spiro atoms. The molecule has 0 bridgehead atoms. The van der Waals surface area contributed by atoms with E-state index in [4.69, 9.17) is 4.74 Å². The number of nitrogens with one attached hydrogen (secondary N) is 3. The number of hydrogen-bond donors (Lipinski definition) is 3. The number of rotatable bonds is 9. The first-order valence-corrected chi connectivity index (χ1v) is 10.9. The van der Waals surface area contributed by atoms with Crippen LogP contribution in [0.5, 0.6) is 5.75 Å². The van der Waals surface area contributed by atoms with Crippen LogP contribution in [0.25, 0.3) is 0 Å². The van der Waals surface area contributed by atoms with E-state index in [9.17, 15) is 14.4 Å². The Bertz CT molecular complexity index is 888. The average molecular weight is 430 g/mol. The van der Waals surface area contributed by atoms with E-state index < -0.39 is 17.9 Å². The van der Waals surface area contributed by atoms with Gasteiger partial charge in [-0.25, -0.2) is 0 Å². The minimum absolute atomic E-state index is 0.241. The van der Waals surface area contributed by atoms with Crippen molar-refractivity contribution in [3.8, 4) is 5.75 Å². The Kier molecular flexibility index (Phi) is 9.21. The van der Waals surface area contributed by atoms with Gasteiger partial charge in [0.05, 0.1) is 0 Å². The van der Waals surface area contributed by atoms with Crippen molar-refractivity contribution in [1.82, 2.24) is 16.2 Å². The van der Waals surface area contributed by atoms with Crippen molar-refractivity contribution >= 4 is 29.5 Å². The zero-order chi connectivity index (χ0) is 21.9. The topological polar surface area (TPSA) is 96.5 Å². The summed E-state index contributed by atoms with van der Waals surface area (Å²) in [6, 6.07) is 13.7. The predicted octanol–water partition coefficient (Wildman–Crippen LogP) is 2.38. The number of amides is 3. The van der Waals surface area contributed by atoms with Gasteiger partial charge in [0.15, 0.2) is 6.61 Å². The van der Waals surface area contributed by atoms with Crippen molar-refractivity contribution in [2.45, 2.75) is 26.3 Å². The number of aryl methyl sites for hydroxylation is 2. The van der Waals surface area contributed by atoms with Gasteiger partial charge in [-0.1, -0.05) is 29.8 Å². The van der Waals surface area contributed by atoms with Crippen molar-refractivity contribution in [2.75, 3.05) is 18.6 Å². The molecular weight excluding hydrogens is 402 g/mol. The molecule has 0 fully saturated rings. The van der Waals surface area contributed by atoms with Crippen LogP contribution in [-0.2, 0) is 9.59 Å². The third-order valence-electron chi connectivity index (χ3n) is 4.20. The molecule has 0 aliphatic heterocycles. The smallest absolute Gasteiger partial charge is 0.276 e. The molecule has 2 aromatic carbocycles. The van der Waals surface area contributed by atoms with Gasteiger partial charge in [0.2, 0.25) is 0 Å². The van der Waals surface area contributed by atoms with Gasteiger partial charge in [-0.3, -0.25) is 25.2 Å². The summed E-state index contributed by atoms with van der Waals surface area (Å²) in [5, 5.41) is 2.74. The molecule has 160 valence electrons. The zero-order valence-corrected chi connectivity index (χ0v) is 18.2. The molecular formula is C22H27N3O4S. The second-order valence-corrected chi connectivity index (χ2v) is 7.81. The standard InChI is InChI=1S/C22H27N3O4S/c1-15-6-4-8-17(12-15)21(27)23-19(10-11-30-3)22(28)25-24-20(26)14-29-18-9-5-7-16(2)13-18/h4-9,12-13,19H,10-11,14H2,1-3H3,(H,23,27)(H,24,26)(H,25,28). The van der Waals surface area contributed by atoms with E-state index in [1.54, 1.807) is 36.0 Å². The molecule has 0 aliphatic rings. The highest BCUT2D eigenvalue weighted by atomic mass is 32.2. The largest absolute Gasteiger partial charge is 0.484 e. The molecule has 1 atom stereocenters. The Hall–Kier alpha value is -3.00. The van der Waals surface area contributed by atoms with Gasteiger partial charge >= 0.3 is 0 Å². The Balaban J connectivity index is 1.87. The van der Waals surface area contributed by atoms with Crippen LogP contribution in [-0.4, -0.2) is 42.4 Å². The molecule has 0 saturated heterocycles. The number of ether oxygens (including phenoxy) is 1. The summed E-state index contributed by atoms with van der Waals surface area (Å²) in [5.41, 5.74) is 7.14. The normalized spacial score (nSPS) is 11.3. The number of thioether (sulfide) groups is 1. The minimum atomic E-state index is -0.775. The summed E-state index contributed by atoms with van der Waals surface area (Å²) < 4.78 is 5.40. The van der Waals surface area contributed by atoms with Crippen molar-refractivity contribution in [1.29, 1.82) is 0 Å². The van der Waals surface area contributed by atoms with Crippen LogP contribution >= 0.6 is 11.8 Å². The predicted molar refractivity (Wildman–Crippen MR) is 118 cm³/mol. The molecule has 30 heavy (non-hydrogen) atoms. The molecule has 2 rings (SSSR count). The summed E-state index contributed by atoms with van der Waals surface area (Å²) in [6.07, 6.45) is 2.35. The van der Waals surface area contributed by atoms with E-state index in [2.05, 4.69) is 16.2 Å². The lowest BCUT2D eigenvalue weighted by Gasteiger charge is -2.18. The molecule has 2 aromatic rings. The van der Waals surface area contributed by atoms with Crippen molar-refractivity contribution in [3.05, 3.63) is 65.2 Å². The summed E-state index contributed by atoms with van der Waals surface area (Å²) >= 11 is 1.57. The number of hydrazine groups is 1. The van der Waals surface area contributed by atoms with Crippen LogP contribution in [0.4, 0.5) is 0 Å². The molecule has 3 amide bonds. The number of benzene rings is 2. The molecule has 0 aromatic heterocycles. The Labute approximate surface area is 180 Å². The lowest BCUT2D eigenvalue weighted by molar-refractivity contribution is -0.130. The molecule has 0 radical (unpaired) electrons. The van der Waals surface area contributed by atoms with Crippen molar-refractivity contribution in [3.63, 3.8) is 0 Å². The number of carbonyl (C=O) groups excluding carboxylic acids is 3. The van der Waals surface area contributed by atoms with E-state index >= 15 is 0 Å². The monoisotopic (exact) mass is 429 g/mol.